The summed E-state index contributed by atoms with van der Waals surface area (Å²) in [5.41, 5.74) is 4.13. The summed E-state index contributed by atoms with van der Waals surface area (Å²) in [5, 5.41) is 4.28. The molecule has 0 spiro atoms. The van der Waals surface area contributed by atoms with Crippen LogP contribution in [0.5, 0.6) is 0 Å². The second kappa shape index (κ2) is 6.46. The minimum Gasteiger partial charge on any atom is -0.376 e. The van der Waals surface area contributed by atoms with Gasteiger partial charge in [-0.2, -0.15) is 0 Å². The molecule has 5 heteroatoms. The van der Waals surface area contributed by atoms with E-state index in [9.17, 15) is 0 Å². The molecule has 4 nitrogen and oxygen atoms in total. The van der Waals surface area contributed by atoms with E-state index in [1.165, 1.54) is 5.56 Å². The molecule has 124 valence electrons. The number of nitrogens with one attached hydrogen (secondary N) is 1. The van der Waals surface area contributed by atoms with Crippen LogP contribution in [0.15, 0.2) is 42.6 Å². The minimum atomic E-state index is 0.277. The van der Waals surface area contributed by atoms with Crippen molar-refractivity contribution in [1.82, 2.24) is 9.38 Å². The molecule has 0 amide bonds. The SMILES string of the molecule is Cc1ccn2c(NC[C@H]3CCCO3)c(-c3ccc(Cl)cc3)nc2c1. The zero-order chi connectivity index (χ0) is 16.5. The Morgan fingerprint density at radius 2 is 2.12 bits per heavy atom. The standard InChI is InChI=1S/C19H20ClN3O/c1-13-8-9-23-17(11-13)22-18(14-4-6-15(20)7-5-14)19(23)21-12-16-3-2-10-24-16/h4-9,11,16,21H,2-3,10,12H2,1H3/t16-/m1/s1. The smallest absolute Gasteiger partial charge is 0.139 e. The van der Waals surface area contributed by atoms with Crippen LogP contribution in [0.3, 0.4) is 0 Å². The Bertz CT molecular complexity index is 851. The number of nitrogens with zero attached hydrogens (tertiary/aromatic N) is 2. The van der Waals surface area contributed by atoms with E-state index in [4.69, 9.17) is 21.3 Å². The van der Waals surface area contributed by atoms with Crippen molar-refractivity contribution in [3.63, 3.8) is 0 Å². The van der Waals surface area contributed by atoms with Crippen LogP contribution in [0.4, 0.5) is 5.82 Å². The Hall–Kier alpha value is -2.04. The second-order valence-corrected chi connectivity index (χ2v) is 6.70. The first-order valence-electron chi connectivity index (χ1n) is 8.31. The van der Waals surface area contributed by atoms with Gasteiger partial charge >= 0.3 is 0 Å². The molecule has 0 unspecified atom stereocenters. The highest BCUT2D eigenvalue weighted by atomic mass is 35.5. The molecule has 2 aromatic heterocycles. The molecule has 3 heterocycles. The third-order valence-corrected chi connectivity index (χ3v) is 4.67. The zero-order valence-corrected chi connectivity index (χ0v) is 14.4. The van der Waals surface area contributed by atoms with Gasteiger partial charge in [-0.3, -0.25) is 4.40 Å². The number of aryl methyl sites for hydroxylation is 1. The molecule has 24 heavy (non-hydrogen) atoms. The van der Waals surface area contributed by atoms with Gasteiger partial charge in [-0.15, -0.1) is 0 Å². The maximum atomic E-state index is 6.03. The topological polar surface area (TPSA) is 38.6 Å². The maximum Gasteiger partial charge on any atom is 0.139 e. The Labute approximate surface area is 146 Å². The molecular formula is C19H20ClN3O. The van der Waals surface area contributed by atoms with E-state index >= 15 is 0 Å². The van der Waals surface area contributed by atoms with Crippen LogP contribution in [-0.4, -0.2) is 28.6 Å². The number of benzene rings is 1. The number of hydrogen-bond acceptors (Lipinski definition) is 3. The molecule has 0 aliphatic carbocycles. The van der Waals surface area contributed by atoms with Gasteiger partial charge in [0.15, 0.2) is 0 Å². The molecule has 1 aliphatic rings. The van der Waals surface area contributed by atoms with Crippen molar-refractivity contribution in [2.24, 2.45) is 0 Å². The number of halogens is 1. The average Bonchev–Trinajstić information content (AvgIpc) is 3.20. The van der Waals surface area contributed by atoms with Crippen LogP contribution in [0.1, 0.15) is 18.4 Å². The predicted molar refractivity (Wildman–Crippen MR) is 97.8 cm³/mol. The molecule has 1 aromatic carbocycles. The average molecular weight is 342 g/mol. The highest BCUT2D eigenvalue weighted by molar-refractivity contribution is 6.30. The number of fused-ring (bicyclic) bond motifs is 1. The molecule has 1 saturated heterocycles. The fraction of sp³-hybridized carbons (Fsp3) is 0.316. The lowest BCUT2D eigenvalue weighted by molar-refractivity contribution is 0.120. The van der Waals surface area contributed by atoms with Gasteiger partial charge in [0, 0.05) is 29.9 Å². The van der Waals surface area contributed by atoms with E-state index in [0.29, 0.717) is 0 Å². The van der Waals surface area contributed by atoms with Crippen LogP contribution in [0, 0.1) is 6.92 Å². The number of hydrogen-bond donors (Lipinski definition) is 1. The van der Waals surface area contributed by atoms with Crippen LogP contribution in [-0.2, 0) is 4.74 Å². The fourth-order valence-electron chi connectivity index (χ4n) is 3.14. The summed E-state index contributed by atoms with van der Waals surface area (Å²) in [7, 11) is 0. The summed E-state index contributed by atoms with van der Waals surface area (Å²) in [6, 6.07) is 12.0. The molecule has 0 saturated carbocycles. The largest absolute Gasteiger partial charge is 0.376 e. The van der Waals surface area contributed by atoms with Crippen molar-refractivity contribution < 1.29 is 4.74 Å². The lowest BCUT2D eigenvalue weighted by atomic mass is 10.1. The second-order valence-electron chi connectivity index (χ2n) is 6.26. The highest BCUT2D eigenvalue weighted by Gasteiger charge is 2.18. The molecule has 4 rings (SSSR count). The molecule has 1 aliphatic heterocycles. The number of imidazole rings is 1. The molecule has 1 fully saturated rings. The summed E-state index contributed by atoms with van der Waals surface area (Å²) in [5.74, 6) is 1.00. The van der Waals surface area contributed by atoms with E-state index in [1.54, 1.807) is 0 Å². The Morgan fingerprint density at radius 1 is 1.29 bits per heavy atom. The number of pyridine rings is 1. The van der Waals surface area contributed by atoms with E-state index in [-0.39, 0.29) is 6.10 Å². The van der Waals surface area contributed by atoms with Gasteiger partial charge in [0.05, 0.1) is 6.10 Å². The predicted octanol–water partition coefficient (Wildman–Crippen LogP) is 4.55. The number of aromatic nitrogens is 2. The number of ether oxygens (including phenoxy) is 1. The fourth-order valence-corrected chi connectivity index (χ4v) is 3.27. The summed E-state index contributed by atoms with van der Waals surface area (Å²) in [4.78, 5) is 4.84. The zero-order valence-electron chi connectivity index (χ0n) is 13.6. The van der Waals surface area contributed by atoms with Gasteiger partial charge < -0.3 is 10.1 Å². The van der Waals surface area contributed by atoms with Gasteiger partial charge in [-0.05, 0) is 49.6 Å². The molecule has 0 radical (unpaired) electrons. The van der Waals surface area contributed by atoms with Crippen molar-refractivity contribution in [2.45, 2.75) is 25.9 Å². The Balaban J connectivity index is 1.75. The highest BCUT2D eigenvalue weighted by Crippen LogP contribution is 2.30. The van der Waals surface area contributed by atoms with Crippen molar-refractivity contribution in [3.8, 4) is 11.3 Å². The van der Waals surface area contributed by atoms with Crippen molar-refractivity contribution >= 4 is 23.1 Å². The van der Waals surface area contributed by atoms with Crippen molar-refractivity contribution in [3.05, 3.63) is 53.2 Å². The van der Waals surface area contributed by atoms with Gasteiger partial charge in [-0.25, -0.2) is 4.98 Å². The first kappa shape index (κ1) is 15.5. The first-order valence-corrected chi connectivity index (χ1v) is 8.68. The summed E-state index contributed by atoms with van der Waals surface area (Å²) >= 11 is 6.03. The monoisotopic (exact) mass is 341 g/mol. The van der Waals surface area contributed by atoms with Gasteiger partial charge in [0.1, 0.15) is 17.2 Å². The van der Waals surface area contributed by atoms with Crippen LogP contribution in [0.25, 0.3) is 16.9 Å². The quantitative estimate of drug-likeness (QED) is 0.756. The summed E-state index contributed by atoms with van der Waals surface area (Å²) in [6.07, 6.45) is 4.59. The Kier molecular flexibility index (Phi) is 4.17. The molecule has 1 atom stereocenters. The summed E-state index contributed by atoms with van der Waals surface area (Å²) < 4.78 is 7.84. The van der Waals surface area contributed by atoms with E-state index in [1.807, 2.05) is 24.3 Å². The lowest BCUT2D eigenvalue weighted by Crippen LogP contribution is -2.19. The van der Waals surface area contributed by atoms with Gasteiger partial charge in [0.2, 0.25) is 0 Å². The normalized spacial score (nSPS) is 17.5. The lowest BCUT2D eigenvalue weighted by Gasteiger charge is -2.13. The number of rotatable bonds is 4. The van der Waals surface area contributed by atoms with Crippen LogP contribution < -0.4 is 5.32 Å². The first-order chi connectivity index (χ1) is 11.7. The minimum absolute atomic E-state index is 0.277. The number of anilines is 1. The van der Waals surface area contributed by atoms with Crippen molar-refractivity contribution in [2.75, 3.05) is 18.5 Å². The molecule has 1 N–H and O–H groups in total. The summed E-state index contributed by atoms with van der Waals surface area (Å²) in [6.45, 7) is 3.74. The van der Waals surface area contributed by atoms with E-state index in [2.05, 4.69) is 35.0 Å². The van der Waals surface area contributed by atoms with Gasteiger partial charge in [-0.1, -0.05) is 23.7 Å². The van der Waals surface area contributed by atoms with Gasteiger partial charge in [0.25, 0.3) is 0 Å². The van der Waals surface area contributed by atoms with Crippen LogP contribution in [0.2, 0.25) is 5.02 Å². The van der Waals surface area contributed by atoms with E-state index < -0.39 is 0 Å². The Morgan fingerprint density at radius 3 is 2.88 bits per heavy atom. The molecule has 0 bridgehead atoms. The van der Waals surface area contributed by atoms with E-state index in [0.717, 1.165) is 53.7 Å². The molecule has 3 aromatic rings. The third-order valence-electron chi connectivity index (χ3n) is 4.42. The van der Waals surface area contributed by atoms with Crippen LogP contribution >= 0.6 is 11.6 Å². The molecular weight excluding hydrogens is 322 g/mol. The third kappa shape index (κ3) is 2.99. The maximum absolute atomic E-state index is 6.03. The van der Waals surface area contributed by atoms with Crippen molar-refractivity contribution in [1.29, 1.82) is 0 Å².